The van der Waals surface area contributed by atoms with E-state index in [9.17, 15) is 0 Å². The van der Waals surface area contributed by atoms with Crippen LogP contribution in [0.3, 0.4) is 0 Å². The van der Waals surface area contributed by atoms with Crippen LogP contribution in [-0.4, -0.2) is 17.7 Å². The van der Waals surface area contributed by atoms with E-state index in [0.29, 0.717) is 0 Å². The van der Waals surface area contributed by atoms with E-state index in [1.807, 2.05) is 42.0 Å². The molecule has 0 aliphatic carbocycles. The molecule has 0 fully saturated rings. The highest BCUT2D eigenvalue weighted by molar-refractivity contribution is 7.97. The molecule has 0 heterocycles. The molecule has 0 unspecified atom stereocenters. The second kappa shape index (κ2) is 7.01. The fourth-order valence-electron chi connectivity index (χ4n) is 2.20. The zero-order valence-electron chi connectivity index (χ0n) is 12.7. The van der Waals surface area contributed by atoms with Crippen LogP contribution in [0.4, 0.5) is 5.69 Å². The Kier molecular flexibility index (Phi) is 5.32. The molecule has 110 valence electrons. The molecule has 0 aromatic heterocycles. The molecule has 0 bridgehead atoms. The molecule has 0 saturated carbocycles. The van der Waals surface area contributed by atoms with Gasteiger partial charge in [-0.3, -0.25) is 0 Å². The summed E-state index contributed by atoms with van der Waals surface area (Å²) in [5.41, 5.74) is 4.72. The highest BCUT2D eigenvalue weighted by Gasteiger charge is 2.03. The van der Waals surface area contributed by atoms with Crippen molar-refractivity contribution in [1.82, 2.24) is 4.31 Å². The van der Waals surface area contributed by atoms with Crippen molar-refractivity contribution in [3.8, 4) is 0 Å². The summed E-state index contributed by atoms with van der Waals surface area (Å²) in [6, 6.07) is 12.1. The molecule has 2 rings (SSSR count). The second-order valence-electron chi connectivity index (χ2n) is 5.08. The topological polar surface area (TPSA) is 15.6 Å². The Morgan fingerprint density at radius 2 is 1.62 bits per heavy atom. The first-order valence-electron chi connectivity index (χ1n) is 6.74. The third-order valence-electron chi connectivity index (χ3n) is 3.05. The fraction of sp³-hybridized carbons (Fsp3) is 0.235. The van der Waals surface area contributed by atoms with Crippen molar-refractivity contribution in [2.45, 2.75) is 25.7 Å². The monoisotopic (exact) mass is 318 g/mol. The predicted molar refractivity (Wildman–Crippen MR) is 93.9 cm³/mol. The van der Waals surface area contributed by atoms with Gasteiger partial charge in [0.1, 0.15) is 6.34 Å². The summed E-state index contributed by atoms with van der Waals surface area (Å²) in [5.74, 6) is 0. The summed E-state index contributed by atoms with van der Waals surface area (Å²) in [4.78, 5) is 5.74. The van der Waals surface area contributed by atoms with Gasteiger partial charge in [0.25, 0.3) is 0 Å². The lowest BCUT2D eigenvalue weighted by Gasteiger charge is -2.12. The maximum atomic E-state index is 5.89. The van der Waals surface area contributed by atoms with Gasteiger partial charge in [0.15, 0.2) is 0 Å². The molecule has 0 aliphatic heterocycles. The minimum absolute atomic E-state index is 0.751. The van der Waals surface area contributed by atoms with Crippen LogP contribution in [0.1, 0.15) is 16.7 Å². The van der Waals surface area contributed by atoms with Crippen LogP contribution in [0.5, 0.6) is 0 Å². The van der Waals surface area contributed by atoms with Crippen LogP contribution < -0.4 is 0 Å². The molecule has 0 spiro atoms. The van der Waals surface area contributed by atoms with E-state index < -0.39 is 0 Å². The van der Waals surface area contributed by atoms with E-state index in [-0.39, 0.29) is 0 Å². The molecule has 0 atom stereocenters. The van der Waals surface area contributed by atoms with Gasteiger partial charge in [-0.2, -0.15) is 0 Å². The van der Waals surface area contributed by atoms with Gasteiger partial charge in [-0.05, 0) is 68.1 Å². The number of benzene rings is 2. The SMILES string of the molecule is Cc1cc(C)c(N=CN(C)Sc2ccc(Cl)cc2)c(C)c1. The minimum atomic E-state index is 0.751. The first kappa shape index (κ1) is 15.9. The Morgan fingerprint density at radius 3 is 2.19 bits per heavy atom. The molecule has 0 saturated heterocycles. The Labute approximate surface area is 136 Å². The summed E-state index contributed by atoms with van der Waals surface area (Å²) in [6.07, 6.45) is 1.85. The Bertz CT molecular complexity index is 627. The molecular formula is C17H19ClN2S. The van der Waals surface area contributed by atoms with Crippen molar-refractivity contribution in [2.75, 3.05) is 7.05 Å². The average molecular weight is 319 g/mol. The highest BCUT2D eigenvalue weighted by atomic mass is 35.5. The Hall–Kier alpha value is -1.45. The fourth-order valence-corrected chi connectivity index (χ4v) is 3.01. The number of hydrogen-bond acceptors (Lipinski definition) is 2. The predicted octanol–water partition coefficient (Wildman–Crippen LogP) is 5.56. The van der Waals surface area contributed by atoms with Crippen molar-refractivity contribution < 1.29 is 0 Å². The summed E-state index contributed by atoms with van der Waals surface area (Å²) >= 11 is 7.50. The third-order valence-corrected chi connectivity index (χ3v) is 4.17. The Balaban J connectivity index is 2.08. The lowest BCUT2D eigenvalue weighted by molar-refractivity contribution is 0.869. The van der Waals surface area contributed by atoms with Crippen LogP contribution >= 0.6 is 23.5 Å². The lowest BCUT2D eigenvalue weighted by atomic mass is 10.1. The van der Waals surface area contributed by atoms with Gasteiger partial charge in [-0.1, -0.05) is 29.3 Å². The van der Waals surface area contributed by atoms with Gasteiger partial charge in [0.05, 0.1) is 5.69 Å². The highest BCUT2D eigenvalue weighted by Crippen LogP contribution is 2.26. The molecule has 0 N–H and O–H groups in total. The van der Waals surface area contributed by atoms with Crippen molar-refractivity contribution in [1.29, 1.82) is 0 Å². The maximum absolute atomic E-state index is 5.89. The molecule has 0 radical (unpaired) electrons. The lowest BCUT2D eigenvalue weighted by Crippen LogP contribution is -2.05. The molecule has 2 aromatic carbocycles. The van der Waals surface area contributed by atoms with Crippen molar-refractivity contribution in [3.63, 3.8) is 0 Å². The van der Waals surface area contributed by atoms with E-state index >= 15 is 0 Å². The maximum Gasteiger partial charge on any atom is 0.101 e. The normalized spacial score (nSPS) is 11.1. The number of halogens is 1. The molecule has 21 heavy (non-hydrogen) atoms. The molecule has 0 aliphatic rings. The first-order valence-corrected chi connectivity index (χ1v) is 7.89. The van der Waals surface area contributed by atoms with Gasteiger partial charge >= 0.3 is 0 Å². The number of aryl methyl sites for hydroxylation is 3. The Morgan fingerprint density at radius 1 is 1.05 bits per heavy atom. The smallest absolute Gasteiger partial charge is 0.101 e. The largest absolute Gasteiger partial charge is 0.306 e. The van der Waals surface area contributed by atoms with Gasteiger partial charge in [0.2, 0.25) is 0 Å². The molecule has 2 aromatic rings. The van der Waals surface area contributed by atoms with E-state index in [1.54, 1.807) is 11.9 Å². The third kappa shape index (κ3) is 4.51. The molecule has 0 amide bonds. The summed E-state index contributed by atoms with van der Waals surface area (Å²) in [5, 5.41) is 0.751. The molecule has 2 nitrogen and oxygen atoms in total. The van der Waals surface area contributed by atoms with Crippen molar-refractivity contribution in [2.24, 2.45) is 4.99 Å². The molecule has 4 heteroatoms. The summed E-state index contributed by atoms with van der Waals surface area (Å²) in [6.45, 7) is 6.30. The number of hydrogen-bond donors (Lipinski definition) is 0. The van der Waals surface area contributed by atoms with Crippen LogP contribution in [0.15, 0.2) is 46.3 Å². The van der Waals surface area contributed by atoms with E-state index in [2.05, 4.69) is 37.9 Å². The molecular weight excluding hydrogens is 300 g/mol. The van der Waals surface area contributed by atoms with E-state index in [0.717, 1.165) is 15.6 Å². The van der Waals surface area contributed by atoms with E-state index in [4.69, 9.17) is 11.6 Å². The first-order chi connectivity index (χ1) is 9.95. The minimum Gasteiger partial charge on any atom is -0.306 e. The summed E-state index contributed by atoms with van der Waals surface area (Å²) in [7, 11) is 1.99. The van der Waals surface area contributed by atoms with E-state index in [1.165, 1.54) is 16.7 Å². The van der Waals surface area contributed by atoms with Crippen LogP contribution in [0.25, 0.3) is 0 Å². The number of nitrogens with zero attached hydrogens (tertiary/aromatic N) is 2. The van der Waals surface area contributed by atoms with Gasteiger partial charge < -0.3 is 4.31 Å². The second-order valence-corrected chi connectivity index (χ2v) is 6.75. The standard InChI is InChI=1S/C17H19ClN2S/c1-12-9-13(2)17(14(3)10-12)19-11-20(4)21-16-7-5-15(18)6-8-16/h5-11H,1-4H3. The van der Waals surface area contributed by atoms with Crippen LogP contribution in [-0.2, 0) is 0 Å². The number of rotatable bonds is 4. The zero-order chi connectivity index (χ0) is 15.4. The van der Waals surface area contributed by atoms with Crippen LogP contribution in [0.2, 0.25) is 5.02 Å². The van der Waals surface area contributed by atoms with Gasteiger partial charge in [0, 0.05) is 17.0 Å². The van der Waals surface area contributed by atoms with Crippen LogP contribution in [0, 0.1) is 20.8 Å². The average Bonchev–Trinajstić information content (AvgIpc) is 2.40. The zero-order valence-corrected chi connectivity index (χ0v) is 14.3. The van der Waals surface area contributed by atoms with Crippen molar-refractivity contribution >= 4 is 35.6 Å². The number of aliphatic imine (C=N–C) groups is 1. The van der Waals surface area contributed by atoms with Gasteiger partial charge in [-0.25, -0.2) is 4.99 Å². The summed E-state index contributed by atoms with van der Waals surface area (Å²) < 4.78 is 1.99. The van der Waals surface area contributed by atoms with Gasteiger partial charge in [-0.15, -0.1) is 0 Å². The quantitative estimate of drug-likeness (QED) is 0.416. The van der Waals surface area contributed by atoms with Crippen molar-refractivity contribution in [3.05, 3.63) is 58.1 Å².